The number of carbonyl (C=O) groups is 1. The van der Waals surface area contributed by atoms with Gasteiger partial charge in [0.2, 0.25) is 0 Å². The first kappa shape index (κ1) is 13.1. The van der Waals surface area contributed by atoms with Gasteiger partial charge < -0.3 is 16.6 Å². The number of hydrogen-bond acceptors (Lipinski definition) is 5. The molecule has 6 heteroatoms. The monoisotopic (exact) mass is 258 g/mol. The van der Waals surface area contributed by atoms with Crippen molar-refractivity contribution in [3.63, 3.8) is 0 Å². The lowest BCUT2D eigenvalue weighted by Gasteiger charge is -2.32. The van der Waals surface area contributed by atoms with Crippen LogP contribution in [0.5, 0.6) is 0 Å². The highest BCUT2D eigenvalue weighted by atomic mass is 16.4. The van der Waals surface area contributed by atoms with Gasteiger partial charge >= 0.3 is 5.97 Å². The molecule has 2 rings (SSSR count). The molecule has 1 aromatic carbocycles. The van der Waals surface area contributed by atoms with Crippen LogP contribution in [0.25, 0.3) is 0 Å². The van der Waals surface area contributed by atoms with Crippen LogP contribution in [0.4, 0.5) is 0 Å². The maximum atomic E-state index is 11.2. The van der Waals surface area contributed by atoms with Crippen LogP contribution < -0.4 is 11.5 Å². The molecule has 0 aliphatic carbocycles. The first-order chi connectivity index (χ1) is 9.06. The summed E-state index contributed by atoms with van der Waals surface area (Å²) in [5, 5.41) is 9.19. The number of rotatable bonds is 4. The van der Waals surface area contributed by atoms with Gasteiger partial charge in [0.05, 0.1) is 5.69 Å². The summed E-state index contributed by atoms with van der Waals surface area (Å²) in [5.41, 5.74) is 11.6. The van der Waals surface area contributed by atoms with E-state index >= 15 is 0 Å². The molecule has 0 amide bonds. The number of carboxylic acids is 1. The zero-order valence-corrected chi connectivity index (χ0v) is 10.1. The van der Waals surface area contributed by atoms with Crippen LogP contribution in [-0.2, 0) is 10.3 Å². The van der Waals surface area contributed by atoms with Crippen molar-refractivity contribution in [1.29, 1.82) is 0 Å². The van der Waals surface area contributed by atoms with Crippen molar-refractivity contribution < 1.29 is 9.90 Å². The van der Waals surface area contributed by atoms with Gasteiger partial charge in [-0.25, -0.2) is 9.97 Å². The quantitative estimate of drug-likeness (QED) is 0.716. The first-order valence-electron chi connectivity index (χ1n) is 5.66. The molecule has 6 nitrogen and oxygen atoms in total. The fourth-order valence-corrected chi connectivity index (χ4v) is 1.93. The lowest BCUT2D eigenvalue weighted by atomic mass is 9.81. The van der Waals surface area contributed by atoms with Crippen molar-refractivity contribution in [1.82, 2.24) is 9.97 Å². The fraction of sp³-hybridized carbons (Fsp3) is 0.154. The molecule has 0 aliphatic heterocycles. The molecule has 0 spiro atoms. The van der Waals surface area contributed by atoms with Crippen LogP contribution in [0.15, 0.2) is 48.9 Å². The molecule has 0 aliphatic rings. The predicted molar refractivity (Wildman–Crippen MR) is 69.1 cm³/mol. The van der Waals surface area contributed by atoms with E-state index in [0.717, 1.165) is 0 Å². The maximum absolute atomic E-state index is 11.2. The third kappa shape index (κ3) is 2.31. The summed E-state index contributed by atoms with van der Waals surface area (Å²) in [6.45, 7) is 0. The number of nitrogens with two attached hydrogens (primary N) is 2. The number of carboxylic acid groups (broad SMARTS) is 1. The van der Waals surface area contributed by atoms with Gasteiger partial charge in [-0.3, -0.25) is 4.79 Å². The summed E-state index contributed by atoms with van der Waals surface area (Å²) in [6, 6.07) is 9.06. The number of aromatic nitrogens is 2. The average Bonchev–Trinajstić information content (AvgIpc) is 2.47. The normalized spacial score (nSPS) is 15.5. The molecule has 0 bridgehead atoms. The minimum atomic E-state index is -1.41. The van der Waals surface area contributed by atoms with Gasteiger partial charge in [-0.05, 0) is 11.6 Å². The van der Waals surface area contributed by atoms with Crippen molar-refractivity contribution >= 4 is 5.97 Å². The topological polar surface area (TPSA) is 115 Å². The minimum absolute atomic E-state index is 0.364. The largest absolute Gasteiger partial charge is 0.480 e. The van der Waals surface area contributed by atoms with E-state index in [-0.39, 0.29) is 0 Å². The lowest BCUT2D eigenvalue weighted by molar-refractivity contribution is -0.140. The zero-order chi connectivity index (χ0) is 13.9. The Hall–Kier alpha value is -2.31. The predicted octanol–water partition coefficient (Wildman–Crippen LogP) is 0.0908. The Bertz CT molecular complexity index is 520. The molecule has 2 unspecified atom stereocenters. The standard InChI is InChI=1S/C13H14N4O2/c14-11(12(18)19)13(15,9-4-2-1-3-5-9)10-6-7-16-8-17-10/h1-8,11H,14-15H2,(H,18,19). The van der Waals surface area contributed by atoms with Crippen molar-refractivity contribution in [2.45, 2.75) is 11.6 Å². The lowest BCUT2D eigenvalue weighted by Crippen LogP contribution is -2.57. The Morgan fingerprint density at radius 2 is 1.95 bits per heavy atom. The molecule has 5 N–H and O–H groups in total. The molecule has 0 saturated carbocycles. The summed E-state index contributed by atoms with van der Waals surface area (Å²) in [7, 11) is 0. The smallest absolute Gasteiger partial charge is 0.323 e. The van der Waals surface area contributed by atoms with Crippen molar-refractivity contribution in [2.75, 3.05) is 0 Å². The summed E-state index contributed by atoms with van der Waals surface area (Å²) in [6.07, 6.45) is 2.82. The van der Waals surface area contributed by atoms with Crippen molar-refractivity contribution in [2.24, 2.45) is 11.5 Å². The Morgan fingerprint density at radius 3 is 2.47 bits per heavy atom. The van der Waals surface area contributed by atoms with E-state index in [1.165, 1.54) is 12.5 Å². The van der Waals surface area contributed by atoms with E-state index in [9.17, 15) is 9.90 Å². The highest BCUT2D eigenvalue weighted by molar-refractivity contribution is 5.76. The van der Waals surface area contributed by atoms with Crippen LogP contribution in [0.3, 0.4) is 0 Å². The summed E-state index contributed by atoms with van der Waals surface area (Å²) >= 11 is 0. The van der Waals surface area contributed by atoms with E-state index in [1.807, 2.05) is 6.07 Å². The van der Waals surface area contributed by atoms with Gasteiger partial charge in [-0.15, -0.1) is 0 Å². The second-order valence-corrected chi connectivity index (χ2v) is 4.15. The van der Waals surface area contributed by atoms with E-state index in [1.54, 1.807) is 30.3 Å². The van der Waals surface area contributed by atoms with Crippen LogP contribution in [0.2, 0.25) is 0 Å². The SMILES string of the molecule is NC(C(=O)O)C(N)(c1ccccc1)c1ccncn1. The Labute approximate surface area is 110 Å². The van der Waals surface area contributed by atoms with Gasteiger partial charge in [-0.2, -0.15) is 0 Å². The Morgan fingerprint density at radius 1 is 1.26 bits per heavy atom. The van der Waals surface area contributed by atoms with Crippen molar-refractivity contribution in [3.05, 3.63) is 60.2 Å². The highest BCUT2D eigenvalue weighted by Crippen LogP contribution is 2.28. The average molecular weight is 258 g/mol. The van der Waals surface area contributed by atoms with E-state index in [2.05, 4.69) is 9.97 Å². The third-order valence-electron chi connectivity index (χ3n) is 3.01. The maximum Gasteiger partial charge on any atom is 0.323 e. The molecule has 19 heavy (non-hydrogen) atoms. The van der Waals surface area contributed by atoms with Gasteiger partial charge in [0.25, 0.3) is 0 Å². The minimum Gasteiger partial charge on any atom is -0.480 e. The highest BCUT2D eigenvalue weighted by Gasteiger charge is 2.41. The Kier molecular flexibility index (Phi) is 3.55. The number of nitrogens with zero attached hydrogens (tertiary/aromatic N) is 2. The molecule has 2 aromatic rings. The molecular formula is C13H14N4O2. The molecule has 0 fully saturated rings. The molecule has 1 aromatic heterocycles. The second kappa shape index (κ2) is 5.13. The van der Waals surface area contributed by atoms with Crippen molar-refractivity contribution in [3.8, 4) is 0 Å². The first-order valence-corrected chi connectivity index (χ1v) is 5.66. The van der Waals surface area contributed by atoms with Crippen LogP contribution in [-0.4, -0.2) is 27.1 Å². The zero-order valence-electron chi connectivity index (χ0n) is 10.1. The van der Waals surface area contributed by atoms with Gasteiger partial charge in [0.15, 0.2) is 0 Å². The van der Waals surface area contributed by atoms with Crippen LogP contribution >= 0.6 is 0 Å². The number of aliphatic carboxylic acids is 1. The van der Waals surface area contributed by atoms with Gasteiger partial charge in [-0.1, -0.05) is 30.3 Å². The molecule has 0 saturated heterocycles. The van der Waals surface area contributed by atoms with Gasteiger partial charge in [0, 0.05) is 6.20 Å². The molecule has 1 heterocycles. The second-order valence-electron chi connectivity index (χ2n) is 4.15. The Balaban J connectivity index is 2.61. The molecule has 98 valence electrons. The number of benzene rings is 1. The molecule has 2 atom stereocenters. The summed E-state index contributed by atoms with van der Waals surface area (Å²) in [4.78, 5) is 19.1. The summed E-state index contributed by atoms with van der Waals surface area (Å²) in [5.74, 6) is -1.19. The van der Waals surface area contributed by atoms with E-state index in [0.29, 0.717) is 11.3 Å². The molecule has 0 radical (unpaired) electrons. The molecular weight excluding hydrogens is 244 g/mol. The summed E-state index contributed by atoms with van der Waals surface area (Å²) < 4.78 is 0. The van der Waals surface area contributed by atoms with Crippen LogP contribution in [0, 0.1) is 0 Å². The van der Waals surface area contributed by atoms with E-state index < -0.39 is 17.6 Å². The van der Waals surface area contributed by atoms with Gasteiger partial charge in [0.1, 0.15) is 17.9 Å². The fourth-order valence-electron chi connectivity index (χ4n) is 1.93. The van der Waals surface area contributed by atoms with Crippen LogP contribution in [0.1, 0.15) is 11.3 Å². The third-order valence-corrected chi connectivity index (χ3v) is 3.01. The van der Waals surface area contributed by atoms with E-state index in [4.69, 9.17) is 11.5 Å². The number of hydrogen-bond donors (Lipinski definition) is 3.